The van der Waals surface area contributed by atoms with E-state index in [4.69, 9.17) is 5.26 Å². The molecule has 106 valence electrons. The summed E-state index contributed by atoms with van der Waals surface area (Å²) >= 11 is 0. The number of aliphatic carboxylic acids is 1. The lowest BCUT2D eigenvalue weighted by molar-refractivity contribution is -0.151. The molecule has 0 aromatic rings. The van der Waals surface area contributed by atoms with Gasteiger partial charge >= 0.3 is 5.97 Å². The summed E-state index contributed by atoms with van der Waals surface area (Å²) in [6, 6.07) is 2.30. The van der Waals surface area contributed by atoms with Gasteiger partial charge in [0.25, 0.3) is 0 Å². The van der Waals surface area contributed by atoms with Crippen LogP contribution in [-0.2, 0) is 9.59 Å². The number of carbonyl (C=O) groups is 2. The number of fused-ring (bicyclic) bond motifs is 2. The third-order valence-electron chi connectivity index (χ3n) is 4.76. The number of hydrogen-bond donors (Lipinski definition) is 1. The molecule has 3 rings (SSSR count). The molecule has 2 fully saturated rings. The maximum Gasteiger partial charge on any atom is 0.307 e. The van der Waals surface area contributed by atoms with Crippen molar-refractivity contribution in [3.63, 3.8) is 0 Å². The standard InChI is InChI=1S/C15H18N2O3/c16-6-1-7-17(11-4-5-11)14(18)12-9-2-3-10(8-9)13(12)15(19)20/h2-3,9-13H,1,4-5,7-8H2,(H,19,20). The zero-order valence-corrected chi connectivity index (χ0v) is 11.2. The number of hydrogen-bond acceptors (Lipinski definition) is 3. The highest BCUT2D eigenvalue weighted by molar-refractivity contribution is 5.87. The molecule has 5 heteroatoms. The first-order valence-corrected chi connectivity index (χ1v) is 7.22. The monoisotopic (exact) mass is 274 g/mol. The van der Waals surface area contributed by atoms with Gasteiger partial charge in [-0.25, -0.2) is 0 Å². The minimum absolute atomic E-state index is 0.00321. The van der Waals surface area contributed by atoms with E-state index in [1.54, 1.807) is 4.90 Å². The van der Waals surface area contributed by atoms with Crippen LogP contribution in [0.15, 0.2) is 12.2 Å². The van der Waals surface area contributed by atoms with Crippen molar-refractivity contribution in [3.05, 3.63) is 12.2 Å². The molecule has 3 aliphatic carbocycles. The van der Waals surface area contributed by atoms with Gasteiger partial charge in [-0.1, -0.05) is 12.2 Å². The molecule has 20 heavy (non-hydrogen) atoms. The van der Waals surface area contributed by atoms with Crippen LogP contribution in [-0.4, -0.2) is 34.5 Å². The molecule has 2 bridgehead atoms. The van der Waals surface area contributed by atoms with Gasteiger partial charge in [-0.2, -0.15) is 5.26 Å². The van der Waals surface area contributed by atoms with E-state index in [1.807, 2.05) is 12.2 Å². The molecule has 0 aromatic carbocycles. The van der Waals surface area contributed by atoms with E-state index >= 15 is 0 Å². The van der Waals surface area contributed by atoms with E-state index in [9.17, 15) is 14.7 Å². The summed E-state index contributed by atoms with van der Waals surface area (Å²) in [5.74, 6) is -1.86. The van der Waals surface area contributed by atoms with Crippen molar-refractivity contribution in [2.75, 3.05) is 6.54 Å². The SMILES string of the molecule is N#CCCN(C(=O)C1C2C=CC(C2)C1C(=O)O)C1CC1. The molecule has 3 aliphatic rings. The summed E-state index contributed by atoms with van der Waals surface area (Å²) in [4.78, 5) is 26.0. The smallest absolute Gasteiger partial charge is 0.307 e. The Morgan fingerprint density at radius 1 is 1.25 bits per heavy atom. The number of carboxylic acids is 1. The summed E-state index contributed by atoms with van der Waals surface area (Å²) in [5.41, 5.74) is 0. The maximum absolute atomic E-state index is 12.8. The first kappa shape index (κ1) is 13.2. The first-order valence-electron chi connectivity index (χ1n) is 7.22. The average molecular weight is 274 g/mol. The Morgan fingerprint density at radius 3 is 2.45 bits per heavy atom. The van der Waals surface area contributed by atoms with Crippen LogP contribution in [0.5, 0.6) is 0 Å². The van der Waals surface area contributed by atoms with Crippen molar-refractivity contribution in [3.8, 4) is 6.07 Å². The number of amides is 1. The first-order chi connectivity index (χ1) is 9.63. The van der Waals surface area contributed by atoms with Gasteiger partial charge in [-0.05, 0) is 31.1 Å². The van der Waals surface area contributed by atoms with Gasteiger partial charge in [-0.15, -0.1) is 0 Å². The fourth-order valence-electron chi connectivity index (χ4n) is 3.72. The Kier molecular flexibility index (Phi) is 3.25. The highest BCUT2D eigenvalue weighted by Gasteiger charge is 2.53. The average Bonchev–Trinajstić information content (AvgIpc) is 3.05. The van der Waals surface area contributed by atoms with E-state index < -0.39 is 17.8 Å². The van der Waals surface area contributed by atoms with Crippen molar-refractivity contribution in [2.24, 2.45) is 23.7 Å². The van der Waals surface area contributed by atoms with Gasteiger partial charge < -0.3 is 10.0 Å². The van der Waals surface area contributed by atoms with E-state index in [-0.39, 0.29) is 23.8 Å². The number of nitriles is 1. The van der Waals surface area contributed by atoms with Crippen LogP contribution in [0.2, 0.25) is 0 Å². The van der Waals surface area contributed by atoms with Crippen molar-refractivity contribution < 1.29 is 14.7 Å². The third kappa shape index (κ3) is 2.09. The Bertz CT molecular complexity index is 504. The fourth-order valence-corrected chi connectivity index (χ4v) is 3.72. The Hall–Kier alpha value is -1.83. The minimum atomic E-state index is -0.865. The highest BCUT2D eigenvalue weighted by Crippen LogP contribution is 2.49. The largest absolute Gasteiger partial charge is 0.481 e. The summed E-state index contributed by atoms with van der Waals surface area (Å²) in [5, 5.41) is 18.1. The second-order valence-electron chi connectivity index (χ2n) is 6.01. The summed E-state index contributed by atoms with van der Waals surface area (Å²) < 4.78 is 0. The van der Waals surface area contributed by atoms with Crippen molar-refractivity contribution >= 4 is 11.9 Å². The number of allylic oxidation sites excluding steroid dienone is 2. The Labute approximate surface area is 117 Å². The molecule has 0 aliphatic heterocycles. The molecule has 5 nitrogen and oxygen atoms in total. The van der Waals surface area contributed by atoms with Gasteiger partial charge in [0.1, 0.15) is 0 Å². The van der Waals surface area contributed by atoms with Crippen LogP contribution in [0.4, 0.5) is 0 Å². The van der Waals surface area contributed by atoms with Gasteiger partial charge in [0, 0.05) is 12.6 Å². The molecule has 1 N–H and O–H groups in total. The lowest BCUT2D eigenvalue weighted by Gasteiger charge is -2.30. The Morgan fingerprint density at radius 2 is 1.90 bits per heavy atom. The van der Waals surface area contributed by atoms with Crippen LogP contribution in [0.3, 0.4) is 0 Å². The summed E-state index contributed by atoms with van der Waals surface area (Å²) in [6.45, 7) is 0.434. The second-order valence-corrected chi connectivity index (χ2v) is 6.01. The fraction of sp³-hybridized carbons (Fsp3) is 0.667. The normalized spacial score (nSPS) is 34.0. The minimum Gasteiger partial charge on any atom is -0.481 e. The van der Waals surface area contributed by atoms with Crippen LogP contribution >= 0.6 is 0 Å². The molecule has 2 saturated carbocycles. The lowest BCUT2D eigenvalue weighted by atomic mass is 9.82. The molecule has 1 amide bonds. The van der Waals surface area contributed by atoms with Crippen molar-refractivity contribution in [2.45, 2.75) is 31.7 Å². The molecule has 0 heterocycles. The quantitative estimate of drug-likeness (QED) is 0.769. The van der Waals surface area contributed by atoms with Crippen LogP contribution in [0.25, 0.3) is 0 Å². The van der Waals surface area contributed by atoms with E-state index in [2.05, 4.69) is 6.07 Å². The summed E-state index contributed by atoms with van der Waals surface area (Å²) in [6.07, 6.45) is 7.00. The van der Waals surface area contributed by atoms with E-state index in [0.717, 1.165) is 19.3 Å². The molecule has 0 aromatic heterocycles. The van der Waals surface area contributed by atoms with Gasteiger partial charge in [0.2, 0.25) is 5.91 Å². The van der Waals surface area contributed by atoms with E-state index in [1.165, 1.54) is 0 Å². The van der Waals surface area contributed by atoms with E-state index in [0.29, 0.717) is 13.0 Å². The van der Waals surface area contributed by atoms with Gasteiger partial charge in [0.05, 0.1) is 24.3 Å². The van der Waals surface area contributed by atoms with Crippen LogP contribution < -0.4 is 0 Å². The highest BCUT2D eigenvalue weighted by atomic mass is 16.4. The lowest BCUT2D eigenvalue weighted by Crippen LogP contribution is -2.44. The molecular formula is C15H18N2O3. The topological polar surface area (TPSA) is 81.4 Å². The predicted molar refractivity (Wildman–Crippen MR) is 70.3 cm³/mol. The summed E-state index contributed by atoms with van der Waals surface area (Å²) in [7, 11) is 0. The van der Waals surface area contributed by atoms with Crippen LogP contribution in [0, 0.1) is 35.0 Å². The number of carbonyl (C=O) groups excluding carboxylic acids is 1. The molecule has 4 atom stereocenters. The molecule has 0 spiro atoms. The molecule has 4 unspecified atom stereocenters. The van der Waals surface area contributed by atoms with Crippen molar-refractivity contribution in [1.29, 1.82) is 5.26 Å². The molecular weight excluding hydrogens is 256 g/mol. The molecule has 0 radical (unpaired) electrons. The van der Waals surface area contributed by atoms with Crippen molar-refractivity contribution in [1.82, 2.24) is 4.90 Å². The number of rotatable bonds is 5. The van der Waals surface area contributed by atoms with Gasteiger partial charge in [0.15, 0.2) is 0 Å². The zero-order chi connectivity index (χ0) is 14.3. The zero-order valence-electron chi connectivity index (χ0n) is 11.2. The second kappa shape index (κ2) is 4.93. The maximum atomic E-state index is 12.8. The third-order valence-corrected chi connectivity index (χ3v) is 4.76. The Balaban J connectivity index is 1.79. The van der Waals surface area contributed by atoms with Gasteiger partial charge in [-0.3, -0.25) is 9.59 Å². The predicted octanol–water partition coefficient (Wildman–Crippen LogP) is 1.41. The number of nitrogens with zero attached hydrogens (tertiary/aromatic N) is 2. The number of carboxylic acid groups (broad SMARTS) is 1. The van der Waals surface area contributed by atoms with Crippen LogP contribution in [0.1, 0.15) is 25.7 Å². The molecule has 0 saturated heterocycles.